The number of ether oxygens (including phenoxy) is 2. The van der Waals surface area contributed by atoms with Crippen LogP contribution in [0.5, 0.6) is 0 Å². The lowest BCUT2D eigenvalue weighted by Crippen LogP contribution is -2.36. The second-order valence-corrected chi connectivity index (χ2v) is 3.49. The van der Waals surface area contributed by atoms with Gasteiger partial charge in [-0.2, -0.15) is 0 Å². The van der Waals surface area contributed by atoms with E-state index >= 15 is 0 Å². The van der Waals surface area contributed by atoms with Crippen LogP contribution in [0.3, 0.4) is 0 Å². The fraction of sp³-hybridized carbons (Fsp3) is 1.00. The first kappa shape index (κ1) is 9.92. The summed E-state index contributed by atoms with van der Waals surface area (Å²) < 4.78 is 10.9. The number of nitrogens with zero attached hydrogens (tertiary/aromatic N) is 1. The van der Waals surface area contributed by atoms with E-state index in [9.17, 15) is 0 Å². The van der Waals surface area contributed by atoms with Crippen LogP contribution in [0.15, 0.2) is 0 Å². The zero-order valence-corrected chi connectivity index (χ0v) is 7.91. The molecular weight excluding hydrogens is 158 g/mol. The largest absolute Gasteiger partial charge is 0.395 e. The number of hydrogen-bond donors (Lipinski definition) is 1. The molecule has 12 heavy (non-hydrogen) atoms. The maximum Gasteiger partial charge on any atom is 0.165 e. The van der Waals surface area contributed by atoms with E-state index in [2.05, 4.69) is 0 Å². The minimum absolute atomic E-state index is 0.0212. The Balaban J connectivity index is 2.36. The first-order valence-electron chi connectivity index (χ1n) is 4.18. The van der Waals surface area contributed by atoms with Crippen molar-refractivity contribution in [3.63, 3.8) is 0 Å². The lowest BCUT2D eigenvalue weighted by atomic mass is 10.4. The summed E-state index contributed by atoms with van der Waals surface area (Å²) in [6.07, 6.45) is -0.0212. The lowest BCUT2D eigenvalue weighted by Gasteiger charge is -2.23. The van der Waals surface area contributed by atoms with Crippen LogP contribution in [0.4, 0.5) is 0 Å². The molecule has 0 aromatic heterocycles. The molecule has 0 radical (unpaired) electrons. The van der Waals surface area contributed by atoms with Crippen molar-refractivity contribution in [3.8, 4) is 0 Å². The first-order chi connectivity index (χ1) is 5.55. The smallest absolute Gasteiger partial charge is 0.165 e. The van der Waals surface area contributed by atoms with Gasteiger partial charge in [0, 0.05) is 6.54 Å². The van der Waals surface area contributed by atoms with Crippen LogP contribution in [-0.4, -0.2) is 48.8 Å². The van der Waals surface area contributed by atoms with Crippen LogP contribution in [0.25, 0.3) is 0 Å². The standard InChI is InChI=1S/C8H17NO3/c1-8(2)11-6-7(12-8)9(3)4-5-10/h7,10H,4-6H2,1-3H3. The van der Waals surface area contributed by atoms with Gasteiger partial charge in [-0.3, -0.25) is 4.90 Å². The quantitative estimate of drug-likeness (QED) is 0.656. The number of likely N-dealkylation sites (N-methyl/N-ethyl adjacent to an activating group) is 1. The summed E-state index contributed by atoms with van der Waals surface area (Å²) in [7, 11) is 1.91. The fourth-order valence-corrected chi connectivity index (χ4v) is 1.19. The minimum Gasteiger partial charge on any atom is -0.395 e. The Hall–Kier alpha value is -0.160. The summed E-state index contributed by atoms with van der Waals surface area (Å²) in [6, 6.07) is 0. The highest BCUT2D eigenvalue weighted by atomic mass is 16.8. The Kier molecular flexibility index (Phi) is 3.06. The van der Waals surface area contributed by atoms with Crippen LogP contribution in [0, 0.1) is 0 Å². The van der Waals surface area contributed by atoms with Crippen LogP contribution in [0.2, 0.25) is 0 Å². The maximum atomic E-state index is 8.69. The molecular formula is C8H17NO3. The normalized spacial score (nSPS) is 28.2. The number of aliphatic hydroxyl groups is 1. The van der Waals surface area contributed by atoms with Crippen LogP contribution >= 0.6 is 0 Å². The molecule has 0 aromatic rings. The van der Waals surface area contributed by atoms with E-state index in [-0.39, 0.29) is 12.8 Å². The molecule has 1 fully saturated rings. The summed E-state index contributed by atoms with van der Waals surface area (Å²) in [5.41, 5.74) is 0. The summed E-state index contributed by atoms with van der Waals surface area (Å²) in [6.45, 7) is 5.12. The van der Waals surface area contributed by atoms with E-state index in [1.54, 1.807) is 0 Å². The molecule has 0 spiro atoms. The van der Waals surface area contributed by atoms with Crippen molar-refractivity contribution in [3.05, 3.63) is 0 Å². The summed E-state index contributed by atoms with van der Waals surface area (Å²) in [5.74, 6) is -0.478. The zero-order chi connectivity index (χ0) is 9.19. The van der Waals surface area contributed by atoms with Crippen molar-refractivity contribution in [2.45, 2.75) is 25.9 Å². The molecule has 4 heteroatoms. The van der Waals surface area contributed by atoms with E-state index in [1.165, 1.54) is 0 Å². The van der Waals surface area contributed by atoms with Crippen LogP contribution in [0.1, 0.15) is 13.8 Å². The van der Waals surface area contributed by atoms with Gasteiger partial charge in [-0.05, 0) is 20.9 Å². The van der Waals surface area contributed by atoms with Crippen molar-refractivity contribution >= 4 is 0 Å². The molecule has 0 bridgehead atoms. The predicted molar refractivity (Wildman–Crippen MR) is 44.6 cm³/mol. The molecule has 1 atom stereocenters. The van der Waals surface area contributed by atoms with E-state index in [4.69, 9.17) is 14.6 Å². The highest BCUT2D eigenvalue weighted by Gasteiger charge is 2.34. The van der Waals surface area contributed by atoms with Gasteiger partial charge >= 0.3 is 0 Å². The first-order valence-corrected chi connectivity index (χ1v) is 4.18. The third-order valence-electron chi connectivity index (χ3n) is 1.94. The van der Waals surface area contributed by atoms with E-state index in [1.807, 2.05) is 25.8 Å². The Labute approximate surface area is 73.1 Å². The van der Waals surface area contributed by atoms with E-state index in [0.29, 0.717) is 13.2 Å². The fourth-order valence-electron chi connectivity index (χ4n) is 1.19. The summed E-state index contributed by atoms with van der Waals surface area (Å²) in [5, 5.41) is 8.69. The van der Waals surface area contributed by atoms with Crippen molar-refractivity contribution in [2.75, 3.05) is 26.8 Å². The SMILES string of the molecule is CN(CCO)C1COC(C)(C)O1. The Morgan fingerprint density at radius 2 is 2.25 bits per heavy atom. The average Bonchev–Trinajstić information content (AvgIpc) is 2.31. The summed E-state index contributed by atoms with van der Waals surface area (Å²) in [4.78, 5) is 1.94. The Morgan fingerprint density at radius 1 is 1.58 bits per heavy atom. The van der Waals surface area contributed by atoms with Gasteiger partial charge in [0.2, 0.25) is 0 Å². The van der Waals surface area contributed by atoms with Crippen molar-refractivity contribution in [1.29, 1.82) is 0 Å². The number of rotatable bonds is 3. The molecule has 0 aromatic carbocycles. The van der Waals surface area contributed by atoms with Crippen molar-refractivity contribution in [1.82, 2.24) is 4.90 Å². The lowest BCUT2D eigenvalue weighted by molar-refractivity contribution is -0.157. The molecule has 1 saturated heterocycles. The Morgan fingerprint density at radius 3 is 2.67 bits per heavy atom. The zero-order valence-electron chi connectivity index (χ0n) is 7.91. The van der Waals surface area contributed by atoms with Gasteiger partial charge in [0.1, 0.15) is 6.23 Å². The van der Waals surface area contributed by atoms with Crippen LogP contribution in [-0.2, 0) is 9.47 Å². The molecule has 1 aliphatic heterocycles. The monoisotopic (exact) mass is 175 g/mol. The number of aliphatic hydroxyl groups excluding tert-OH is 1. The molecule has 72 valence electrons. The molecule has 0 aliphatic carbocycles. The van der Waals surface area contributed by atoms with Gasteiger partial charge in [-0.25, -0.2) is 0 Å². The molecule has 0 saturated carbocycles. The molecule has 1 N–H and O–H groups in total. The molecule has 1 unspecified atom stereocenters. The second kappa shape index (κ2) is 3.70. The van der Waals surface area contributed by atoms with Gasteiger partial charge in [-0.1, -0.05) is 0 Å². The van der Waals surface area contributed by atoms with Crippen molar-refractivity contribution in [2.24, 2.45) is 0 Å². The topological polar surface area (TPSA) is 41.9 Å². The summed E-state index contributed by atoms with van der Waals surface area (Å²) >= 11 is 0. The highest BCUT2D eigenvalue weighted by Crippen LogP contribution is 2.23. The highest BCUT2D eigenvalue weighted by molar-refractivity contribution is 4.70. The van der Waals surface area contributed by atoms with Gasteiger partial charge in [0.15, 0.2) is 5.79 Å². The molecule has 4 nitrogen and oxygen atoms in total. The third kappa shape index (κ3) is 2.42. The Bertz CT molecular complexity index is 149. The van der Waals surface area contributed by atoms with E-state index in [0.717, 1.165) is 0 Å². The maximum absolute atomic E-state index is 8.69. The predicted octanol–water partition coefficient (Wildman–Crippen LogP) is 0.0195. The van der Waals surface area contributed by atoms with Crippen molar-refractivity contribution < 1.29 is 14.6 Å². The molecule has 1 rings (SSSR count). The van der Waals surface area contributed by atoms with E-state index < -0.39 is 5.79 Å². The third-order valence-corrected chi connectivity index (χ3v) is 1.94. The van der Waals surface area contributed by atoms with Gasteiger partial charge in [0.25, 0.3) is 0 Å². The molecule has 1 aliphatic rings. The molecule has 1 heterocycles. The second-order valence-electron chi connectivity index (χ2n) is 3.49. The molecule has 0 amide bonds. The average molecular weight is 175 g/mol. The minimum atomic E-state index is -0.478. The van der Waals surface area contributed by atoms with Gasteiger partial charge in [-0.15, -0.1) is 0 Å². The van der Waals surface area contributed by atoms with Crippen LogP contribution < -0.4 is 0 Å². The van der Waals surface area contributed by atoms with Gasteiger partial charge in [0.05, 0.1) is 13.2 Å². The van der Waals surface area contributed by atoms with Gasteiger partial charge < -0.3 is 14.6 Å². The number of hydrogen-bond acceptors (Lipinski definition) is 4.